The van der Waals surface area contributed by atoms with Gasteiger partial charge in [0.15, 0.2) is 5.82 Å². The summed E-state index contributed by atoms with van der Waals surface area (Å²) in [6, 6.07) is 2.34. The third-order valence-corrected chi connectivity index (χ3v) is 3.60. The third-order valence-electron chi connectivity index (χ3n) is 3.60. The molecule has 104 valence electrons. The molecule has 6 nitrogen and oxygen atoms in total. The van der Waals surface area contributed by atoms with Gasteiger partial charge in [-0.15, -0.1) is 0 Å². The van der Waals surface area contributed by atoms with Gasteiger partial charge in [0.05, 0.1) is 17.4 Å². The number of nitrogens with one attached hydrogen (secondary N) is 1. The molecule has 1 fully saturated rings. The maximum absolute atomic E-state index is 11.4. The minimum atomic E-state index is -0.528. The lowest BCUT2D eigenvalue weighted by Crippen LogP contribution is -2.47. The van der Waals surface area contributed by atoms with Crippen LogP contribution in [0.4, 0.5) is 11.5 Å². The summed E-state index contributed by atoms with van der Waals surface area (Å²) in [5.41, 5.74) is 15.0. The Bertz CT molecular complexity index is 466. The first-order chi connectivity index (χ1) is 8.99. The van der Waals surface area contributed by atoms with E-state index in [4.69, 9.17) is 11.5 Å². The number of piperidine rings is 1. The topological polar surface area (TPSA) is 97.3 Å². The van der Waals surface area contributed by atoms with Gasteiger partial charge in [0.25, 0.3) is 5.91 Å². The van der Waals surface area contributed by atoms with E-state index >= 15 is 0 Å². The number of carbonyl (C=O) groups is 1. The number of hydrogen-bond donors (Lipinski definition) is 3. The van der Waals surface area contributed by atoms with Crippen molar-refractivity contribution in [3.05, 3.63) is 17.8 Å². The van der Waals surface area contributed by atoms with Crippen molar-refractivity contribution in [3.8, 4) is 0 Å². The minimum absolute atomic E-state index is 0.324. The third kappa shape index (κ3) is 2.96. The Balaban J connectivity index is 2.24. The van der Waals surface area contributed by atoms with Gasteiger partial charge in [0.1, 0.15) is 0 Å². The van der Waals surface area contributed by atoms with Crippen molar-refractivity contribution >= 4 is 17.4 Å². The van der Waals surface area contributed by atoms with Crippen LogP contribution in [0.2, 0.25) is 0 Å². The number of nitrogen functional groups attached to an aromatic ring is 1. The molecular formula is C13H21N5O. The Morgan fingerprint density at radius 2 is 2.05 bits per heavy atom. The van der Waals surface area contributed by atoms with E-state index in [2.05, 4.69) is 29.3 Å². The Labute approximate surface area is 113 Å². The fourth-order valence-corrected chi connectivity index (χ4v) is 2.52. The van der Waals surface area contributed by atoms with Crippen LogP contribution in [-0.2, 0) is 0 Å². The summed E-state index contributed by atoms with van der Waals surface area (Å²) >= 11 is 0. The fraction of sp³-hybridized carbons (Fsp3) is 0.538. The molecule has 0 spiro atoms. The highest BCUT2D eigenvalue weighted by molar-refractivity contribution is 5.98. The van der Waals surface area contributed by atoms with Crippen molar-refractivity contribution in [2.45, 2.75) is 45.2 Å². The number of aromatic nitrogens is 1. The number of rotatable bonds is 3. The van der Waals surface area contributed by atoms with E-state index in [0.717, 1.165) is 12.8 Å². The van der Waals surface area contributed by atoms with Gasteiger partial charge in [0, 0.05) is 12.1 Å². The Kier molecular flexibility index (Phi) is 3.90. The van der Waals surface area contributed by atoms with Crippen LogP contribution >= 0.6 is 0 Å². The van der Waals surface area contributed by atoms with Crippen molar-refractivity contribution < 1.29 is 4.79 Å². The highest BCUT2D eigenvalue weighted by atomic mass is 16.1. The summed E-state index contributed by atoms with van der Waals surface area (Å²) in [5.74, 6) is -0.0538. The van der Waals surface area contributed by atoms with Crippen LogP contribution < -0.4 is 16.9 Å². The number of nitrogens with two attached hydrogens (primary N) is 2. The first-order valence-corrected chi connectivity index (χ1v) is 6.59. The average Bonchev–Trinajstić information content (AvgIpc) is 2.35. The number of pyridine rings is 1. The normalized spacial score (nSPS) is 24.1. The van der Waals surface area contributed by atoms with Crippen molar-refractivity contribution in [2.75, 3.05) is 11.2 Å². The molecule has 1 aliphatic rings. The molecule has 2 atom stereocenters. The van der Waals surface area contributed by atoms with E-state index in [-0.39, 0.29) is 0 Å². The van der Waals surface area contributed by atoms with Crippen LogP contribution in [0.15, 0.2) is 12.3 Å². The zero-order valence-electron chi connectivity index (χ0n) is 11.4. The molecular weight excluding hydrogens is 242 g/mol. The van der Waals surface area contributed by atoms with Crippen molar-refractivity contribution in [1.82, 2.24) is 9.99 Å². The number of primary amides is 1. The van der Waals surface area contributed by atoms with E-state index in [1.165, 1.54) is 12.6 Å². The first-order valence-electron chi connectivity index (χ1n) is 6.59. The lowest BCUT2D eigenvalue weighted by atomic mass is 10.00. The quantitative estimate of drug-likeness (QED) is 0.765. The Morgan fingerprint density at radius 3 is 2.63 bits per heavy atom. The smallest absolute Gasteiger partial charge is 0.252 e. The number of anilines is 2. The fourth-order valence-electron chi connectivity index (χ4n) is 2.52. The molecule has 0 radical (unpaired) electrons. The second kappa shape index (κ2) is 5.44. The zero-order chi connectivity index (χ0) is 14.0. The molecule has 0 aromatic carbocycles. The molecule has 1 saturated heterocycles. The molecule has 1 amide bonds. The molecule has 1 aliphatic heterocycles. The van der Waals surface area contributed by atoms with Gasteiger partial charge < -0.3 is 16.9 Å². The predicted octanol–water partition coefficient (Wildman–Crippen LogP) is 1.35. The molecule has 2 heterocycles. The van der Waals surface area contributed by atoms with Crippen LogP contribution in [0.25, 0.3) is 0 Å². The lowest BCUT2D eigenvalue weighted by Gasteiger charge is -2.39. The monoisotopic (exact) mass is 263 g/mol. The standard InChI is InChI=1S/C13H21N5O/c1-8-4-3-5-9(2)18(8)17-13-11(12(15)19)6-10(14)7-16-13/h6-9H,3-5,14H2,1-2H3,(H2,15,19)(H,16,17). The SMILES string of the molecule is CC1CCCC(C)N1Nc1ncc(N)cc1C(N)=O. The summed E-state index contributed by atoms with van der Waals surface area (Å²) in [7, 11) is 0. The Morgan fingerprint density at radius 1 is 1.42 bits per heavy atom. The van der Waals surface area contributed by atoms with Crippen LogP contribution in [0, 0.1) is 0 Å². The molecule has 2 unspecified atom stereocenters. The van der Waals surface area contributed by atoms with E-state index < -0.39 is 5.91 Å². The Hall–Kier alpha value is -1.82. The van der Waals surface area contributed by atoms with Crippen molar-refractivity contribution in [2.24, 2.45) is 5.73 Å². The number of carbonyl (C=O) groups excluding carboxylic acids is 1. The summed E-state index contributed by atoms with van der Waals surface area (Å²) in [6.07, 6.45) is 4.99. The maximum Gasteiger partial charge on any atom is 0.252 e. The summed E-state index contributed by atoms with van der Waals surface area (Å²) in [4.78, 5) is 15.6. The van der Waals surface area contributed by atoms with E-state index in [1.54, 1.807) is 6.07 Å². The average molecular weight is 263 g/mol. The lowest BCUT2D eigenvalue weighted by molar-refractivity contribution is 0.0998. The zero-order valence-corrected chi connectivity index (χ0v) is 11.4. The number of amides is 1. The second-order valence-corrected chi connectivity index (χ2v) is 5.18. The van der Waals surface area contributed by atoms with E-state index in [9.17, 15) is 4.79 Å². The van der Waals surface area contributed by atoms with Crippen molar-refractivity contribution in [1.29, 1.82) is 0 Å². The van der Waals surface area contributed by atoms with Gasteiger partial charge in [-0.3, -0.25) is 4.79 Å². The van der Waals surface area contributed by atoms with Crippen LogP contribution in [0.1, 0.15) is 43.5 Å². The molecule has 6 heteroatoms. The number of hydrazine groups is 1. The predicted molar refractivity (Wildman–Crippen MR) is 75.4 cm³/mol. The molecule has 5 N–H and O–H groups in total. The second-order valence-electron chi connectivity index (χ2n) is 5.18. The molecule has 0 aliphatic carbocycles. The maximum atomic E-state index is 11.4. The molecule has 2 rings (SSSR count). The van der Waals surface area contributed by atoms with Crippen LogP contribution in [0.3, 0.4) is 0 Å². The minimum Gasteiger partial charge on any atom is -0.397 e. The number of nitrogens with zero attached hydrogens (tertiary/aromatic N) is 2. The summed E-state index contributed by atoms with van der Waals surface area (Å²) < 4.78 is 0. The van der Waals surface area contributed by atoms with Gasteiger partial charge in [-0.2, -0.15) is 0 Å². The van der Waals surface area contributed by atoms with Crippen molar-refractivity contribution in [3.63, 3.8) is 0 Å². The summed E-state index contributed by atoms with van der Waals surface area (Å²) in [6.45, 7) is 4.31. The molecule has 0 saturated carbocycles. The highest BCUT2D eigenvalue weighted by Crippen LogP contribution is 2.24. The molecule has 1 aromatic rings. The van der Waals surface area contributed by atoms with Crippen LogP contribution in [-0.4, -0.2) is 28.0 Å². The molecule has 19 heavy (non-hydrogen) atoms. The van der Waals surface area contributed by atoms with Crippen LogP contribution in [0.5, 0.6) is 0 Å². The van der Waals surface area contributed by atoms with Gasteiger partial charge in [-0.05, 0) is 32.8 Å². The van der Waals surface area contributed by atoms with Gasteiger partial charge >= 0.3 is 0 Å². The summed E-state index contributed by atoms with van der Waals surface area (Å²) in [5, 5.41) is 2.13. The van der Waals surface area contributed by atoms with E-state index in [0.29, 0.717) is 29.2 Å². The molecule has 0 bridgehead atoms. The van der Waals surface area contributed by atoms with Gasteiger partial charge in [0.2, 0.25) is 0 Å². The first kappa shape index (κ1) is 13.6. The number of hydrogen-bond acceptors (Lipinski definition) is 5. The highest BCUT2D eigenvalue weighted by Gasteiger charge is 2.26. The van der Waals surface area contributed by atoms with Gasteiger partial charge in [-0.1, -0.05) is 6.42 Å². The van der Waals surface area contributed by atoms with Gasteiger partial charge in [-0.25, -0.2) is 9.99 Å². The molecule has 1 aromatic heterocycles. The van der Waals surface area contributed by atoms with E-state index in [1.807, 2.05) is 0 Å². The largest absolute Gasteiger partial charge is 0.397 e.